The molecule has 2 rings (SSSR count). The lowest BCUT2D eigenvalue weighted by Gasteiger charge is -2.14. The van der Waals surface area contributed by atoms with Gasteiger partial charge < -0.3 is 15.4 Å². The van der Waals surface area contributed by atoms with Crippen LogP contribution in [-0.4, -0.2) is 24.5 Å². The topological polar surface area (TPSA) is 67.4 Å². The van der Waals surface area contributed by atoms with Crippen LogP contribution in [0.1, 0.15) is 54.3 Å². The quantitative estimate of drug-likeness (QED) is 0.575. The molecule has 0 fully saturated rings. The van der Waals surface area contributed by atoms with Gasteiger partial charge >= 0.3 is 0 Å². The minimum atomic E-state index is -0.291. The maximum absolute atomic E-state index is 12.6. The Kier molecular flexibility index (Phi) is 7.85. The predicted octanol–water partition coefficient (Wildman–Crippen LogP) is 5.02. The zero-order valence-corrected chi connectivity index (χ0v) is 17.4. The van der Waals surface area contributed by atoms with Crippen molar-refractivity contribution in [1.29, 1.82) is 0 Å². The average Bonchev–Trinajstić information content (AvgIpc) is 2.63. The minimum absolute atomic E-state index is 0.0408. The van der Waals surface area contributed by atoms with E-state index in [1.165, 1.54) is 0 Å². The fourth-order valence-electron chi connectivity index (χ4n) is 2.45. The molecule has 0 aromatic heterocycles. The number of nitrogens with one attached hydrogen (secondary N) is 2. The van der Waals surface area contributed by atoms with Gasteiger partial charge in [0.2, 0.25) is 0 Å². The molecule has 0 aliphatic rings. The molecule has 0 atom stereocenters. The third-order valence-corrected chi connectivity index (χ3v) is 4.41. The Morgan fingerprint density at radius 3 is 2.52 bits per heavy atom. The number of halogens is 1. The highest BCUT2D eigenvalue weighted by atomic mass is 79.9. The highest BCUT2D eigenvalue weighted by Gasteiger charge is 2.15. The number of hydrogen-bond acceptors (Lipinski definition) is 3. The Hall–Kier alpha value is -2.34. The van der Waals surface area contributed by atoms with Gasteiger partial charge in [-0.25, -0.2) is 0 Å². The molecule has 0 unspecified atom stereocenters. The first kappa shape index (κ1) is 21.0. The summed E-state index contributed by atoms with van der Waals surface area (Å²) in [6.07, 6.45) is 1.96. The fourth-order valence-corrected chi connectivity index (χ4v) is 2.92. The van der Waals surface area contributed by atoms with Crippen LogP contribution in [0.5, 0.6) is 5.75 Å². The molecule has 0 spiro atoms. The number of carbonyl (C=O) groups is 2. The van der Waals surface area contributed by atoms with Crippen LogP contribution >= 0.6 is 15.9 Å². The highest BCUT2D eigenvalue weighted by Crippen LogP contribution is 2.27. The molecule has 6 heteroatoms. The van der Waals surface area contributed by atoms with Gasteiger partial charge in [-0.15, -0.1) is 0 Å². The summed E-state index contributed by atoms with van der Waals surface area (Å²) in [7, 11) is 0. The van der Waals surface area contributed by atoms with Crippen molar-refractivity contribution in [2.45, 2.75) is 39.7 Å². The van der Waals surface area contributed by atoms with Crippen molar-refractivity contribution >= 4 is 33.4 Å². The van der Waals surface area contributed by atoms with Crippen LogP contribution in [-0.2, 0) is 0 Å². The number of hydrogen-bond donors (Lipinski definition) is 2. The summed E-state index contributed by atoms with van der Waals surface area (Å²) in [6.45, 7) is 6.56. The molecule has 2 N–H and O–H groups in total. The molecule has 0 bridgehead atoms. The smallest absolute Gasteiger partial charge is 0.255 e. The maximum Gasteiger partial charge on any atom is 0.255 e. The van der Waals surface area contributed by atoms with Crippen LogP contribution in [0.3, 0.4) is 0 Å². The van der Waals surface area contributed by atoms with Gasteiger partial charge in [-0.2, -0.15) is 0 Å². The first-order chi connectivity index (χ1) is 12.9. The first-order valence-electron chi connectivity index (χ1n) is 9.07. The summed E-state index contributed by atoms with van der Waals surface area (Å²) in [6, 6.07) is 12.1. The van der Waals surface area contributed by atoms with E-state index in [4.69, 9.17) is 4.74 Å². The molecule has 0 radical (unpaired) electrons. The van der Waals surface area contributed by atoms with Crippen LogP contribution in [0.25, 0.3) is 0 Å². The zero-order chi connectivity index (χ0) is 19.8. The predicted molar refractivity (Wildman–Crippen MR) is 112 cm³/mol. The normalized spacial score (nSPS) is 10.6. The Balaban J connectivity index is 2.14. The second-order valence-corrected chi connectivity index (χ2v) is 7.28. The molecule has 0 saturated carbocycles. The summed E-state index contributed by atoms with van der Waals surface area (Å²) in [5.74, 6) is 0.194. The number of carbonyl (C=O) groups excluding carboxylic acids is 2. The summed E-state index contributed by atoms with van der Waals surface area (Å²) in [5.41, 5.74) is 1.40. The second-order valence-electron chi connectivity index (χ2n) is 6.42. The van der Waals surface area contributed by atoms with Crippen LogP contribution in [0.2, 0.25) is 0 Å². The Bertz CT molecular complexity index is 806. The fraction of sp³-hybridized carbons (Fsp3) is 0.333. The van der Waals surface area contributed by atoms with Gasteiger partial charge in [0.1, 0.15) is 5.75 Å². The molecular weight excluding hydrogens is 408 g/mol. The Morgan fingerprint density at radius 1 is 1.11 bits per heavy atom. The van der Waals surface area contributed by atoms with Crippen molar-refractivity contribution in [1.82, 2.24) is 5.32 Å². The van der Waals surface area contributed by atoms with Gasteiger partial charge in [-0.1, -0.05) is 25.5 Å². The standard InChI is InChI=1S/C21H25BrN2O3/c1-4-5-12-23-21(26)16-8-6-7-9-18(16)24-20(25)15-10-11-19(17(22)13-15)27-14(2)3/h6-11,13-14H,4-5,12H2,1-3H3,(H,23,26)(H,24,25). The van der Waals surface area contributed by atoms with E-state index in [-0.39, 0.29) is 17.9 Å². The molecule has 2 aromatic rings. The van der Waals surface area contributed by atoms with Crippen LogP contribution in [0.15, 0.2) is 46.9 Å². The van der Waals surface area contributed by atoms with E-state index in [0.29, 0.717) is 33.6 Å². The average molecular weight is 433 g/mol. The van der Waals surface area contributed by atoms with Gasteiger partial charge in [-0.05, 0) is 66.5 Å². The summed E-state index contributed by atoms with van der Waals surface area (Å²) in [5, 5.41) is 5.70. The Labute approximate surface area is 168 Å². The van der Waals surface area contributed by atoms with Crippen molar-refractivity contribution in [2.75, 3.05) is 11.9 Å². The molecule has 5 nitrogen and oxygen atoms in total. The van der Waals surface area contributed by atoms with Gasteiger partial charge in [0.15, 0.2) is 0 Å². The minimum Gasteiger partial charge on any atom is -0.490 e. The SMILES string of the molecule is CCCCNC(=O)c1ccccc1NC(=O)c1ccc(OC(C)C)c(Br)c1. The van der Waals surface area contributed by atoms with Crippen molar-refractivity contribution in [3.8, 4) is 5.75 Å². The Morgan fingerprint density at radius 2 is 1.85 bits per heavy atom. The monoisotopic (exact) mass is 432 g/mol. The molecule has 144 valence electrons. The number of amides is 2. The van der Waals surface area contributed by atoms with E-state index in [2.05, 4.69) is 33.5 Å². The lowest BCUT2D eigenvalue weighted by molar-refractivity contribution is 0.0954. The van der Waals surface area contributed by atoms with E-state index in [9.17, 15) is 9.59 Å². The van der Waals surface area contributed by atoms with E-state index in [1.54, 1.807) is 42.5 Å². The summed E-state index contributed by atoms with van der Waals surface area (Å²) >= 11 is 3.43. The molecule has 2 aromatic carbocycles. The number of rotatable bonds is 8. The van der Waals surface area contributed by atoms with Crippen LogP contribution in [0.4, 0.5) is 5.69 Å². The number of unbranched alkanes of at least 4 members (excludes halogenated alkanes) is 1. The summed E-state index contributed by atoms with van der Waals surface area (Å²) in [4.78, 5) is 25.0. The third-order valence-electron chi connectivity index (χ3n) is 3.79. The molecule has 0 saturated heterocycles. The number of ether oxygens (including phenoxy) is 1. The van der Waals surface area contributed by atoms with E-state index in [0.717, 1.165) is 12.8 Å². The molecule has 0 aliphatic heterocycles. The molecule has 27 heavy (non-hydrogen) atoms. The highest BCUT2D eigenvalue weighted by molar-refractivity contribution is 9.10. The molecule has 2 amide bonds. The van der Waals surface area contributed by atoms with Crippen molar-refractivity contribution < 1.29 is 14.3 Å². The van der Waals surface area contributed by atoms with Gasteiger partial charge in [0.05, 0.1) is 21.8 Å². The van der Waals surface area contributed by atoms with E-state index >= 15 is 0 Å². The molecule has 0 aliphatic carbocycles. The van der Waals surface area contributed by atoms with Gasteiger partial charge in [0.25, 0.3) is 11.8 Å². The number of benzene rings is 2. The zero-order valence-electron chi connectivity index (χ0n) is 15.8. The molecule has 0 heterocycles. The lowest BCUT2D eigenvalue weighted by atomic mass is 10.1. The molecular formula is C21H25BrN2O3. The van der Waals surface area contributed by atoms with Gasteiger partial charge in [-0.3, -0.25) is 9.59 Å². The number of para-hydroxylation sites is 1. The number of anilines is 1. The third kappa shape index (κ3) is 6.10. The second kappa shape index (κ2) is 10.1. The largest absolute Gasteiger partial charge is 0.490 e. The van der Waals surface area contributed by atoms with Crippen molar-refractivity contribution in [3.63, 3.8) is 0 Å². The first-order valence-corrected chi connectivity index (χ1v) is 9.86. The van der Waals surface area contributed by atoms with Crippen molar-refractivity contribution in [3.05, 3.63) is 58.1 Å². The van der Waals surface area contributed by atoms with E-state index < -0.39 is 0 Å². The van der Waals surface area contributed by atoms with E-state index in [1.807, 2.05) is 13.8 Å². The maximum atomic E-state index is 12.6. The van der Waals surface area contributed by atoms with Crippen LogP contribution in [0, 0.1) is 0 Å². The van der Waals surface area contributed by atoms with Crippen molar-refractivity contribution in [2.24, 2.45) is 0 Å². The lowest BCUT2D eigenvalue weighted by Crippen LogP contribution is -2.26. The van der Waals surface area contributed by atoms with Crippen LogP contribution < -0.4 is 15.4 Å². The van der Waals surface area contributed by atoms with Gasteiger partial charge in [0, 0.05) is 12.1 Å². The summed E-state index contributed by atoms with van der Waals surface area (Å²) < 4.78 is 6.37.